The monoisotopic (exact) mass is 393 g/mol. The van der Waals surface area contributed by atoms with Crippen LogP contribution in [-0.2, 0) is 4.79 Å². The van der Waals surface area contributed by atoms with Crippen LogP contribution in [0.1, 0.15) is 41.8 Å². The van der Waals surface area contributed by atoms with Gasteiger partial charge >= 0.3 is 0 Å². The minimum absolute atomic E-state index is 0.0127. The number of nitrogens with zero attached hydrogens (tertiary/aromatic N) is 4. The predicted octanol–water partition coefficient (Wildman–Crippen LogP) is 3.21. The average Bonchev–Trinajstić information content (AvgIpc) is 3.51. The summed E-state index contributed by atoms with van der Waals surface area (Å²) in [6, 6.07) is 20.0. The van der Waals surface area contributed by atoms with Gasteiger partial charge in [-0.05, 0) is 24.0 Å². The zero-order chi connectivity index (χ0) is 19.5. The van der Waals surface area contributed by atoms with Gasteiger partial charge in [0.05, 0.1) is 11.8 Å². The summed E-state index contributed by atoms with van der Waals surface area (Å²) in [5.74, 6) is 7.60. The molecule has 0 saturated heterocycles. The van der Waals surface area contributed by atoms with E-state index in [1.165, 1.54) is 16.4 Å². The van der Waals surface area contributed by atoms with E-state index in [1.54, 1.807) is 4.90 Å². The molecule has 3 aromatic rings. The Bertz CT molecular complexity index is 900. The summed E-state index contributed by atoms with van der Waals surface area (Å²) in [4.78, 5) is 14.8. The zero-order valence-corrected chi connectivity index (χ0v) is 16.5. The molecule has 1 aromatic heterocycles. The summed E-state index contributed by atoms with van der Waals surface area (Å²) < 4.78 is 1.53. The fourth-order valence-electron chi connectivity index (χ4n) is 3.29. The summed E-state index contributed by atoms with van der Waals surface area (Å²) in [7, 11) is 1.84. The highest BCUT2D eigenvalue weighted by molar-refractivity contribution is 7.99. The smallest absolute Gasteiger partial charge is 0.233 e. The van der Waals surface area contributed by atoms with Crippen LogP contribution in [0, 0.1) is 0 Å². The van der Waals surface area contributed by atoms with Crippen molar-refractivity contribution in [3.63, 3.8) is 0 Å². The van der Waals surface area contributed by atoms with Crippen molar-refractivity contribution in [1.29, 1.82) is 0 Å². The second kappa shape index (κ2) is 8.06. The van der Waals surface area contributed by atoms with Gasteiger partial charge in [0.1, 0.15) is 0 Å². The van der Waals surface area contributed by atoms with Gasteiger partial charge in [0, 0.05) is 13.0 Å². The Morgan fingerprint density at radius 1 is 1.11 bits per heavy atom. The van der Waals surface area contributed by atoms with Gasteiger partial charge in [-0.1, -0.05) is 72.4 Å². The Morgan fingerprint density at radius 2 is 1.68 bits per heavy atom. The van der Waals surface area contributed by atoms with Crippen LogP contribution in [-0.4, -0.2) is 38.5 Å². The standard InChI is InChI=1S/C21H23N5OS/c1-25(18(27)14-28-21-24-23-20(26(21)22)17-12-13-17)19(15-8-4-2-5-9-15)16-10-6-3-7-11-16/h2-11,17,19H,12-14,22H2,1H3. The van der Waals surface area contributed by atoms with Crippen LogP contribution >= 0.6 is 11.8 Å². The Kier molecular flexibility index (Phi) is 5.34. The molecule has 1 fully saturated rings. The van der Waals surface area contributed by atoms with Crippen LogP contribution in [0.2, 0.25) is 0 Å². The van der Waals surface area contributed by atoms with Crippen molar-refractivity contribution in [3.05, 3.63) is 77.6 Å². The number of carbonyl (C=O) groups is 1. The van der Waals surface area contributed by atoms with Crippen molar-refractivity contribution in [3.8, 4) is 0 Å². The van der Waals surface area contributed by atoms with Crippen molar-refractivity contribution in [2.24, 2.45) is 0 Å². The predicted molar refractivity (Wildman–Crippen MR) is 110 cm³/mol. The molecule has 1 saturated carbocycles. The second-order valence-electron chi connectivity index (χ2n) is 7.00. The number of nitrogens with two attached hydrogens (primary N) is 1. The summed E-state index contributed by atoms with van der Waals surface area (Å²) in [6.45, 7) is 0. The third kappa shape index (κ3) is 3.89. The summed E-state index contributed by atoms with van der Waals surface area (Å²) in [5, 5.41) is 8.91. The van der Waals surface area contributed by atoms with E-state index in [1.807, 2.05) is 67.7 Å². The van der Waals surface area contributed by atoms with Crippen molar-refractivity contribution in [1.82, 2.24) is 19.8 Å². The Hall–Kier alpha value is -2.80. The molecule has 0 spiro atoms. The number of amides is 1. The maximum absolute atomic E-state index is 13.0. The molecular formula is C21H23N5OS. The highest BCUT2D eigenvalue weighted by Crippen LogP contribution is 2.39. The first-order valence-corrected chi connectivity index (χ1v) is 10.3. The number of hydrogen-bond donors (Lipinski definition) is 1. The van der Waals surface area contributed by atoms with Crippen molar-refractivity contribution in [2.75, 3.05) is 18.6 Å². The molecule has 1 aliphatic rings. The lowest BCUT2D eigenvalue weighted by atomic mass is 9.97. The molecule has 144 valence electrons. The van der Waals surface area contributed by atoms with E-state index in [0.717, 1.165) is 29.8 Å². The van der Waals surface area contributed by atoms with Crippen LogP contribution in [0.25, 0.3) is 0 Å². The van der Waals surface area contributed by atoms with E-state index in [9.17, 15) is 4.79 Å². The normalized spacial score (nSPS) is 13.6. The average molecular weight is 394 g/mol. The molecule has 0 aliphatic heterocycles. The second-order valence-corrected chi connectivity index (χ2v) is 7.94. The number of benzene rings is 2. The van der Waals surface area contributed by atoms with Gasteiger partial charge in [-0.25, -0.2) is 4.68 Å². The van der Waals surface area contributed by atoms with Crippen LogP contribution in [0.5, 0.6) is 0 Å². The first-order valence-electron chi connectivity index (χ1n) is 9.34. The van der Waals surface area contributed by atoms with Crippen LogP contribution in [0.3, 0.4) is 0 Å². The molecule has 4 rings (SSSR count). The van der Waals surface area contributed by atoms with E-state index in [-0.39, 0.29) is 17.7 Å². The minimum atomic E-state index is -0.145. The Balaban J connectivity index is 1.50. The quantitative estimate of drug-likeness (QED) is 0.493. The number of hydrogen-bond acceptors (Lipinski definition) is 5. The first-order chi connectivity index (χ1) is 13.6. The van der Waals surface area contributed by atoms with Gasteiger partial charge in [0.15, 0.2) is 5.82 Å². The largest absolute Gasteiger partial charge is 0.336 e. The van der Waals surface area contributed by atoms with E-state index < -0.39 is 0 Å². The molecule has 1 amide bonds. The number of nitrogen functional groups attached to an aromatic ring is 1. The number of carbonyl (C=O) groups excluding carboxylic acids is 1. The maximum Gasteiger partial charge on any atom is 0.233 e. The van der Waals surface area contributed by atoms with Gasteiger partial charge in [-0.15, -0.1) is 10.2 Å². The number of rotatable bonds is 7. The van der Waals surface area contributed by atoms with E-state index in [4.69, 9.17) is 5.84 Å². The molecule has 0 bridgehead atoms. The van der Waals surface area contributed by atoms with Gasteiger partial charge in [0.2, 0.25) is 11.1 Å². The van der Waals surface area contributed by atoms with Gasteiger partial charge in [0.25, 0.3) is 0 Å². The van der Waals surface area contributed by atoms with Crippen molar-refractivity contribution < 1.29 is 4.79 Å². The lowest BCUT2D eigenvalue weighted by Crippen LogP contribution is -2.33. The number of thioether (sulfide) groups is 1. The fraction of sp³-hybridized carbons (Fsp3) is 0.286. The fourth-order valence-corrected chi connectivity index (χ4v) is 4.08. The van der Waals surface area contributed by atoms with Crippen molar-refractivity contribution in [2.45, 2.75) is 30.0 Å². The molecule has 1 heterocycles. The third-order valence-corrected chi connectivity index (χ3v) is 5.90. The van der Waals surface area contributed by atoms with Gasteiger partial charge in [-0.2, -0.15) is 0 Å². The molecule has 0 radical (unpaired) electrons. The third-order valence-electron chi connectivity index (χ3n) is 4.97. The summed E-state index contributed by atoms with van der Waals surface area (Å²) in [6.07, 6.45) is 2.22. The molecule has 28 heavy (non-hydrogen) atoms. The summed E-state index contributed by atoms with van der Waals surface area (Å²) >= 11 is 1.33. The van der Waals surface area contributed by atoms with Crippen LogP contribution in [0.15, 0.2) is 65.8 Å². The molecule has 6 nitrogen and oxygen atoms in total. The Morgan fingerprint density at radius 3 is 2.21 bits per heavy atom. The molecule has 2 aromatic carbocycles. The maximum atomic E-state index is 13.0. The molecule has 2 N–H and O–H groups in total. The number of aromatic nitrogens is 3. The van der Waals surface area contributed by atoms with E-state index >= 15 is 0 Å². The lowest BCUT2D eigenvalue weighted by Gasteiger charge is -2.29. The molecule has 1 aliphatic carbocycles. The highest BCUT2D eigenvalue weighted by atomic mass is 32.2. The van der Waals surface area contributed by atoms with Crippen molar-refractivity contribution >= 4 is 17.7 Å². The molecule has 0 unspecified atom stereocenters. The molecular weight excluding hydrogens is 370 g/mol. The topological polar surface area (TPSA) is 77.0 Å². The Labute approximate surface area is 168 Å². The molecule has 0 atom stereocenters. The highest BCUT2D eigenvalue weighted by Gasteiger charge is 2.30. The zero-order valence-electron chi connectivity index (χ0n) is 15.7. The van der Waals surface area contributed by atoms with Crippen LogP contribution < -0.4 is 5.84 Å². The van der Waals surface area contributed by atoms with Gasteiger partial charge in [-0.3, -0.25) is 4.79 Å². The lowest BCUT2D eigenvalue weighted by molar-refractivity contribution is -0.128. The summed E-state index contributed by atoms with van der Waals surface area (Å²) in [5.41, 5.74) is 2.15. The van der Waals surface area contributed by atoms with Crippen LogP contribution in [0.4, 0.5) is 0 Å². The van der Waals surface area contributed by atoms with Gasteiger partial charge < -0.3 is 10.7 Å². The first kappa shape index (κ1) is 18.6. The molecule has 7 heteroatoms. The van der Waals surface area contributed by atoms with E-state index in [2.05, 4.69) is 10.2 Å². The minimum Gasteiger partial charge on any atom is -0.336 e. The van der Waals surface area contributed by atoms with E-state index in [0.29, 0.717) is 11.1 Å². The SMILES string of the molecule is CN(C(=O)CSc1nnc(C2CC2)n1N)C(c1ccccc1)c1ccccc1.